The Hall–Kier alpha value is -0.520. The van der Waals surface area contributed by atoms with Crippen molar-refractivity contribution in [1.82, 2.24) is 5.43 Å². The molecule has 1 aromatic carbocycles. The molecule has 0 radical (unpaired) electrons. The van der Waals surface area contributed by atoms with E-state index in [2.05, 4.69) is 28.3 Å². The van der Waals surface area contributed by atoms with Gasteiger partial charge in [-0.15, -0.1) is 11.8 Å². The molecule has 3 N–H and O–H groups in total. The predicted octanol–water partition coefficient (Wildman–Crippen LogP) is 3.57. The second kappa shape index (κ2) is 7.16. The number of nitrogens with one attached hydrogen (secondary N) is 1. The van der Waals surface area contributed by atoms with Gasteiger partial charge in [-0.25, -0.2) is 0 Å². The SMILES string of the molecule is NNC(CSc1cccc(Cl)c1)Cc1ccsc1. The molecule has 0 bridgehead atoms. The third-order valence-corrected chi connectivity index (χ3v) is 4.67. The minimum atomic E-state index is 0.267. The molecule has 1 heterocycles. The number of thioether (sulfide) groups is 1. The number of hydrogen-bond donors (Lipinski definition) is 2. The van der Waals surface area contributed by atoms with E-state index in [0.717, 1.165) is 17.2 Å². The standard InChI is InChI=1S/C13H15ClN2S2/c14-11-2-1-3-13(7-11)18-9-12(16-15)6-10-4-5-17-8-10/h1-5,7-8,12,16H,6,9,15H2. The first-order valence-corrected chi connectivity index (χ1v) is 7.94. The lowest BCUT2D eigenvalue weighted by Gasteiger charge is -2.14. The first kappa shape index (κ1) is 13.9. The molecule has 2 rings (SSSR count). The first-order chi connectivity index (χ1) is 8.78. The number of hydrazine groups is 1. The minimum Gasteiger partial charge on any atom is -0.271 e. The second-order valence-electron chi connectivity index (χ2n) is 3.97. The van der Waals surface area contributed by atoms with Gasteiger partial charge in [0, 0.05) is 21.7 Å². The van der Waals surface area contributed by atoms with Gasteiger partial charge < -0.3 is 0 Å². The van der Waals surface area contributed by atoms with Crippen LogP contribution in [0, 0.1) is 0 Å². The summed E-state index contributed by atoms with van der Waals surface area (Å²) in [7, 11) is 0. The molecule has 0 spiro atoms. The summed E-state index contributed by atoms with van der Waals surface area (Å²) in [6, 6.07) is 10.3. The number of rotatable bonds is 6. The summed E-state index contributed by atoms with van der Waals surface area (Å²) >= 11 is 9.44. The Morgan fingerprint density at radius 3 is 2.94 bits per heavy atom. The van der Waals surface area contributed by atoms with Crippen LogP contribution in [0.1, 0.15) is 5.56 Å². The summed E-state index contributed by atoms with van der Waals surface area (Å²) in [6.07, 6.45) is 0.952. The zero-order chi connectivity index (χ0) is 12.8. The maximum absolute atomic E-state index is 5.96. The first-order valence-electron chi connectivity index (χ1n) is 5.63. The van der Waals surface area contributed by atoms with E-state index >= 15 is 0 Å². The lowest BCUT2D eigenvalue weighted by Crippen LogP contribution is -2.38. The van der Waals surface area contributed by atoms with E-state index in [4.69, 9.17) is 17.4 Å². The lowest BCUT2D eigenvalue weighted by molar-refractivity contribution is 0.576. The maximum Gasteiger partial charge on any atom is 0.0417 e. The van der Waals surface area contributed by atoms with Gasteiger partial charge in [-0.2, -0.15) is 11.3 Å². The smallest absolute Gasteiger partial charge is 0.0417 e. The number of thiophene rings is 1. The zero-order valence-electron chi connectivity index (χ0n) is 9.80. The molecule has 96 valence electrons. The van der Waals surface area contributed by atoms with Crippen LogP contribution < -0.4 is 11.3 Å². The third kappa shape index (κ3) is 4.30. The topological polar surface area (TPSA) is 38.0 Å². The molecule has 0 aliphatic carbocycles. The van der Waals surface area contributed by atoms with Crippen LogP contribution in [-0.4, -0.2) is 11.8 Å². The largest absolute Gasteiger partial charge is 0.271 e. The number of halogens is 1. The maximum atomic E-state index is 5.96. The molecule has 2 nitrogen and oxygen atoms in total. The van der Waals surface area contributed by atoms with Gasteiger partial charge in [0.05, 0.1) is 0 Å². The molecule has 0 fully saturated rings. The summed E-state index contributed by atoms with van der Waals surface area (Å²) in [6.45, 7) is 0. The van der Waals surface area contributed by atoms with E-state index in [1.165, 1.54) is 10.5 Å². The van der Waals surface area contributed by atoms with Crippen LogP contribution in [0.2, 0.25) is 5.02 Å². The highest BCUT2D eigenvalue weighted by atomic mass is 35.5. The number of hydrogen-bond acceptors (Lipinski definition) is 4. The van der Waals surface area contributed by atoms with Crippen molar-refractivity contribution in [3.63, 3.8) is 0 Å². The fourth-order valence-electron chi connectivity index (χ4n) is 1.61. The molecule has 1 atom stereocenters. The van der Waals surface area contributed by atoms with Crippen molar-refractivity contribution in [2.75, 3.05) is 5.75 Å². The molecule has 2 aromatic rings. The van der Waals surface area contributed by atoms with E-state index in [1.807, 2.05) is 18.2 Å². The van der Waals surface area contributed by atoms with Gasteiger partial charge in [0.15, 0.2) is 0 Å². The highest BCUT2D eigenvalue weighted by Crippen LogP contribution is 2.23. The van der Waals surface area contributed by atoms with Gasteiger partial charge in [0.25, 0.3) is 0 Å². The van der Waals surface area contributed by atoms with E-state index in [1.54, 1.807) is 23.1 Å². The monoisotopic (exact) mass is 298 g/mol. The molecule has 0 aliphatic heterocycles. The molecule has 0 amide bonds. The van der Waals surface area contributed by atoms with Crippen LogP contribution in [0.5, 0.6) is 0 Å². The molecular formula is C13H15ClN2S2. The third-order valence-electron chi connectivity index (χ3n) is 2.55. The molecule has 0 saturated heterocycles. The van der Waals surface area contributed by atoms with E-state index < -0.39 is 0 Å². The predicted molar refractivity (Wildman–Crippen MR) is 81.3 cm³/mol. The molecule has 1 unspecified atom stereocenters. The van der Waals surface area contributed by atoms with Gasteiger partial charge in [-0.05, 0) is 47.0 Å². The molecule has 5 heteroatoms. The highest BCUT2D eigenvalue weighted by molar-refractivity contribution is 7.99. The Morgan fingerprint density at radius 1 is 1.39 bits per heavy atom. The normalized spacial score (nSPS) is 12.6. The average molecular weight is 299 g/mol. The van der Waals surface area contributed by atoms with Crippen molar-refractivity contribution in [2.45, 2.75) is 17.4 Å². The Kier molecular flexibility index (Phi) is 5.53. The van der Waals surface area contributed by atoms with Crippen LogP contribution in [0.3, 0.4) is 0 Å². The van der Waals surface area contributed by atoms with Crippen molar-refractivity contribution >= 4 is 34.7 Å². The molecule has 0 saturated carbocycles. The summed E-state index contributed by atoms with van der Waals surface area (Å²) in [5.41, 5.74) is 4.20. The number of benzene rings is 1. The van der Waals surface area contributed by atoms with Gasteiger partial charge in [-0.3, -0.25) is 11.3 Å². The van der Waals surface area contributed by atoms with E-state index in [9.17, 15) is 0 Å². The van der Waals surface area contributed by atoms with Crippen molar-refractivity contribution in [3.05, 3.63) is 51.7 Å². The second-order valence-corrected chi connectivity index (χ2v) is 6.28. The van der Waals surface area contributed by atoms with Gasteiger partial charge in [-0.1, -0.05) is 17.7 Å². The molecule has 1 aromatic heterocycles. The van der Waals surface area contributed by atoms with Crippen LogP contribution in [0.25, 0.3) is 0 Å². The van der Waals surface area contributed by atoms with E-state index in [-0.39, 0.29) is 6.04 Å². The van der Waals surface area contributed by atoms with Crippen LogP contribution in [0.4, 0.5) is 0 Å². The summed E-state index contributed by atoms with van der Waals surface area (Å²) in [5.74, 6) is 6.52. The Balaban J connectivity index is 1.87. The van der Waals surface area contributed by atoms with Gasteiger partial charge in [0.1, 0.15) is 0 Å². The Labute approximate surface area is 121 Å². The molecule has 18 heavy (non-hydrogen) atoms. The number of nitrogens with two attached hydrogens (primary N) is 1. The minimum absolute atomic E-state index is 0.267. The lowest BCUT2D eigenvalue weighted by atomic mass is 10.1. The van der Waals surface area contributed by atoms with Crippen molar-refractivity contribution in [3.8, 4) is 0 Å². The average Bonchev–Trinajstić information content (AvgIpc) is 2.87. The zero-order valence-corrected chi connectivity index (χ0v) is 12.2. The van der Waals surface area contributed by atoms with Gasteiger partial charge in [0.2, 0.25) is 0 Å². The van der Waals surface area contributed by atoms with E-state index in [0.29, 0.717) is 0 Å². The fourth-order valence-corrected chi connectivity index (χ4v) is 3.54. The summed E-state index contributed by atoms with van der Waals surface area (Å²) in [5, 5.41) is 5.02. The van der Waals surface area contributed by atoms with Crippen LogP contribution in [0.15, 0.2) is 46.0 Å². The summed E-state index contributed by atoms with van der Waals surface area (Å²) < 4.78 is 0. The quantitative estimate of drug-likeness (QED) is 0.486. The van der Waals surface area contributed by atoms with Crippen LogP contribution in [-0.2, 0) is 6.42 Å². The molecule has 0 aliphatic rings. The summed E-state index contributed by atoms with van der Waals surface area (Å²) in [4.78, 5) is 1.17. The Morgan fingerprint density at radius 2 is 2.28 bits per heavy atom. The van der Waals surface area contributed by atoms with Crippen molar-refractivity contribution in [2.24, 2.45) is 5.84 Å². The van der Waals surface area contributed by atoms with Crippen molar-refractivity contribution < 1.29 is 0 Å². The Bertz CT molecular complexity index is 474. The highest BCUT2D eigenvalue weighted by Gasteiger charge is 2.09. The van der Waals surface area contributed by atoms with Crippen LogP contribution >= 0.6 is 34.7 Å². The fraction of sp³-hybridized carbons (Fsp3) is 0.231. The van der Waals surface area contributed by atoms with Gasteiger partial charge >= 0.3 is 0 Å². The molecular weight excluding hydrogens is 284 g/mol. The van der Waals surface area contributed by atoms with Crippen molar-refractivity contribution in [1.29, 1.82) is 0 Å².